The van der Waals surface area contributed by atoms with Gasteiger partial charge in [0.1, 0.15) is 0 Å². The van der Waals surface area contributed by atoms with Crippen molar-refractivity contribution in [2.75, 3.05) is 0 Å². The molecule has 3 nitrogen and oxygen atoms in total. The highest BCUT2D eigenvalue weighted by atomic mass is 16.4. The molecule has 0 aromatic heterocycles. The normalized spacial score (nSPS) is 11.2. The third kappa shape index (κ3) is 3.66. The molecule has 0 bridgehead atoms. The number of rotatable bonds is 4. The minimum absolute atomic E-state index is 0.0474. The number of Topliss-reactive ketones (excluding diaryl/α,β-unsaturated/α-hetero) is 1. The third-order valence-electron chi connectivity index (χ3n) is 3.26. The van der Waals surface area contributed by atoms with Crippen LogP contribution in [-0.2, 0) is 4.79 Å². The molecule has 1 N–H and O–H groups in total. The van der Waals surface area contributed by atoms with Gasteiger partial charge < -0.3 is 5.11 Å². The Kier molecular flexibility index (Phi) is 4.33. The number of ketones is 1. The summed E-state index contributed by atoms with van der Waals surface area (Å²) in [6, 6.07) is 15.0. The Balaban J connectivity index is 2.24. The van der Waals surface area contributed by atoms with Crippen molar-refractivity contribution >= 4 is 17.8 Å². The van der Waals surface area contributed by atoms with E-state index in [-0.39, 0.29) is 5.78 Å². The maximum Gasteiger partial charge on any atom is 0.331 e. The lowest BCUT2D eigenvalue weighted by atomic mass is 10.0. The average Bonchev–Trinajstić information content (AvgIpc) is 2.48. The second-order valence-corrected chi connectivity index (χ2v) is 4.89. The van der Waals surface area contributed by atoms with Crippen molar-refractivity contribution in [1.29, 1.82) is 0 Å². The molecule has 2 aromatic carbocycles. The van der Waals surface area contributed by atoms with Crippen LogP contribution >= 0.6 is 0 Å². The van der Waals surface area contributed by atoms with Gasteiger partial charge in [0.25, 0.3) is 0 Å². The molecule has 2 aromatic rings. The van der Waals surface area contributed by atoms with Gasteiger partial charge in [0.05, 0.1) is 0 Å². The molecule has 0 unspecified atom stereocenters. The molecule has 3 heteroatoms. The summed E-state index contributed by atoms with van der Waals surface area (Å²) in [4.78, 5) is 22.0. The summed E-state index contributed by atoms with van der Waals surface area (Å²) in [6.07, 6.45) is 1.63. The van der Waals surface area contributed by atoms with Gasteiger partial charge in [-0.2, -0.15) is 0 Å². The first-order valence-electron chi connectivity index (χ1n) is 6.60. The minimum atomic E-state index is -0.918. The summed E-state index contributed by atoms with van der Waals surface area (Å²) in [7, 11) is 0. The van der Waals surface area contributed by atoms with Crippen LogP contribution in [0.4, 0.5) is 0 Å². The minimum Gasteiger partial charge on any atom is -0.478 e. The van der Waals surface area contributed by atoms with Crippen LogP contribution in [0.15, 0.2) is 54.1 Å². The van der Waals surface area contributed by atoms with E-state index in [1.165, 1.54) is 0 Å². The lowest BCUT2D eigenvalue weighted by molar-refractivity contribution is -0.132. The van der Waals surface area contributed by atoms with E-state index >= 15 is 0 Å². The van der Waals surface area contributed by atoms with E-state index in [1.807, 2.05) is 36.4 Å². The van der Waals surface area contributed by atoms with Gasteiger partial charge >= 0.3 is 5.97 Å². The van der Waals surface area contributed by atoms with Crippen LogP contribution in [0, 0.1) is 0 Å². The zero-order valence-electron chi connectivity index (χ0n) is 12.0. The average molecular weight is 280 g/mol. The summed E-state index contributed by atoms with van der Waals surface area (Å²) in [5, 5.41) is 8.85. The molecule has 0 atom stereocenters. The van der Waals surface area contributed by atoms with Crippen molar-refractivity contribution < 1.29 is 14.7 Å². The molecule has 21 heavy (non-hydrogen) atoms. The van der Waals surface area contributed by atoms with Gasteiger partial charge in [-0.05, 0) is 36.6 Å². The van der Waals surface area contributed by atoms with Crippen molar-refractivity contribution in [3.05, 3.63) is 65.2 Å². The van der Waals surface area contributed by atoms with Crippen molar-refractivity contribution in [1.82, 2.24) is 0 Å². The highest BCUT2D eigenvalue weighted by Crippen LogP contribution is 2.21. The Morgan fingerprint density at radius 1 is 0.857 bits per heavy atom. The number of carboxylic acid groups (broad SMARTS) is 1. The number of hydrogen-bond acceptors (Lipinski definition) is 2. The van der Waals surface area contributed by atoms with Gasteiger partial charge in [0.2, 0.25) is 0 Å². The molecule has 0 aliphatic carbocycles. The van der Waals surface area contributed by atoms with Crippen molar-refractivity contribution in [2.24, 2.45) is 0 Å². The van der Waals surface area contributed by atoms with Crippen LogP contribution in [0.5, 0.6) is 0 Å². The smallest absolute Gasteiger partial charge is 0.331 e. The van der Waals surface area contributed by atoms with E-state index in [2.05, 4.69) is 0 Å². The standard InChI is InChI=1S/C18H16O3/c1-12(18(20)21)11-14-3-5-16(6-4-14)17-9-7-15(8-10-17)13(2)19/h3-11H,1-2H3,(H,20,21)/b12-11+. The van der Waals surface area contributed by atoms with E-state index in [0.29, 0.717) is 11.1 Å². The Morgan fingerprint density at radius 3 is 1.76 bits per heavy atom. The molecule has 0 aliphatic rings. The monoisotopic (exact) mass is 280 g/mol. The van der Waals surface area contributed by atoms with E-state index in [1.54, 1.807) is 32.1 Å². The highest BCUT2D eigenvalue weighted by Gasteiger charge is 2.02. The molecule has 0 saturated carbocycles. The Hall–Kier alpha value is -2.68. The van der Waals surface area contributed by atoms with Gasteiger partial charge in [-0.1, -0.05) is 48.5 Å². The fourth-order valence-corrected chi connectivity index (χ4v) is 1.98. The van der Waals surface area contributed by atoms with Crippen molar-refractivity contribution in [3.63, 3.8) is 0 Å². The molecular weight excluding hydrogens is 264 g/mol. The SMILES string of the molecule is CC(=O)c1ccc(-c2ccc(/C=C(\C)C(=O)O)cc2)cc1. The molecular formula is C18H16O3. The quantitative estimate of drug-likeness (QED) is 0.679. The first-order chi connectivity index (χ1) is 9.97. The second kappa shape index (κ2) is 6.18. The van der Waals surface area contributed by atoms with E-state index in [4.69, 9.17) is 5.11 Å². The predicted octanol–water partition coefficient (Wildman–Crippen LogP) is 4.04. The zero-order chi connectivity index (χ0) is 15.4. The first-order valence-corrected chi connectivity index (χ1v) is 6.60. The van der Waals surface area contributed by atoms with Crippen molar-refractivity contribution in [3.8, 4) is 11.1 Å². The fraction of sp³-hybridized carbons (Fsp3) is 0.111. The van der Waals surface area contributed by atoms with Gasteiger partial charge in [0, 0.05) is 11.1 Å². The number of carboxylic acids is 1. The van der Waals surface area contributed by atoms with Crippen LogP contribution in [0.1, 0.15) is 29.8 Å². The number of benzene rings is 2. The summed E-state index contributed by atoms with van der Waals surface area (Å²) in [6.45, 7) is 3.11. The van der Waals surface area contributed by atoms with Gasteiger partial charge in [0.15, 0.2) is 5.78 Å². The molecule has 0 spiro atoms. The lowest BCUT2D eigenvalue weighted by Gasteiger charge is -2.04. The van der Waals surface area contributed by atoms with Gasteiger partial charge in [-0.25, -0.2) is 4.79 Å². The van der Waals surface area contributed by atoms with E-state index < -0.39 is 5.97 Å². The Labute approximate surface area is 123 Å². The van der Waals surface area contributed by atoms with Crippen LogP contribution < -0.4 is 0 Å². The first kappa shape index (κ1) is 14.7. The van der Waals surface area contributed by atoms with Crippen LogP contribution in [0.2, 0.25) is 0 Å². The van der Waals surface area contributed by atoms with Crippen molar-refractivity contribution in [2.45, 2.75) is 13.8 Å². The molecule has 0 aliphatic heterocycles. The maximum absolute atomic E-state index is 11.2. The molecule has 0 radical (unpaired) electrons. The largest absolute Gasteiger partial charge is 0.478 e. The summed E-state index contributed by atoms with van der Waals surface area (Å²) in [5.74, 6) is -0.870. The van der Waals surface area contributed by atoms with E-state index in [0.717, 1.165) is 16.7 Å². The summed E-state index contributed by atoms with van der Waals surface area (Å²) in [5.41, 5.74) is 3.88. The molecule has 0 heterocycles. The highest BCUT2D eigenvalue weighted by molar-refractivity contribution is 5.94. The molecule has 0 fully saturated rings. The lowest BCUT2D eigenvalue weighted by Crippen LogP contribution is -1.95. The molecule has 2 rings (SSSR count). The Morgan fingerprint density at radius 2 is 1.33 bits per heavy atom. The number of carbonyl (C=O) groups is 2. The number of hydrogen-bond donors (Lipinski definition) is 1. The summed E-state index contributed by atoms with van der Waals surface area (Å²) < 4.78 is 0. The Bertz CT molecular complexity index is 692. The maximum atomic E-state index is 11.2. The number of aliphatic carboxylic acids is 1. The van der Waals surface area contributed by atoms with Crippen LogP contribution in [0.25, 0.3) is 17.2 Å². The second-order valence-electron chi connectivity index (χ2n) is 4.89. The fourth-order valence-electron chi connectivity index (χ4n) is 1.98. The predicted molar refractivity (Wildman–Crippen MR) is 83.2 cm³/mol. The third-order valence-corrected chi connectivity index (χ3v) is 3.26. The van der Waals surface area contributed by atoms with E-state index in [9.17, 15) is 9.59 Å². The number of carbonyl (C=O) groups excluding carboxylic acids is 1. The molecule has 0 amide bonds. The molecule has 106 valence electrons. The van der Waals surface area contributed by atoms with Gasteiger partial charge in [-0.3, -0.25) is 4.79 Å². The zero-order valence-corrected chi connectivity index (χ0v) is 12.0. The van der Waals surface area contributed by atoms with Crippen LogP contribution in [-0.4, -0.2) is 16.9 Å². The summed E-state index contributed by atoms with van der Waals surface area (Å²) >= 11 is 0. The molecule has 0 saturated heterocycles. The topological polar surface area (TPSA) is 54.4 Å². The van der Waals surface area contributed by atoms with Gasteiger partial charge in [-0.15, -0.1) is 0 Å². The van der Waals surface area contributed by atoms with Crippen LogP contribution in [0.3, 0.4) is 0 Å².